The first-order valence-electron chi connectivity index (χ1n) is 11.8. The van der Waals surface area contributed by atoms with E-state index in [9.17, 15) is 4.79 Å². The van der Waals surface area contributed by atoms with Crippen molar-refractivity contribution in [1.29, 1.82) is 0 Å². The highest BCUT2D eigenvalue weighted by atomic mass is 16.5. The molecule has 3 rings (SSSR count). The van der Waals surface area contributed by atoms with Gasteiger partial charge in [0.1, 0.15) is 12.4 Å². The summed E-state index contributed by atoms with van der Waals surface area (Å²) in [6.07, 6.45) is 2.12. The van der Waals surface area contributed by atoms with Crippen molar-refractivity contribution >= 4 is 5.91 Å². The maximum atomic E-state index is 12.8. The van der Waals surface area contributed by atoms with Crippen LogP contribution in [0.5, 0.6) is 5.75 Å². The number of ether oxygens (including phenoxy) is 1. The minimum atomic E-state index is 0.144. The topological polar surface area (TPSA) is 36.0 Å². The van der Waals surface area contributed by atoms with Crippen LogP contribution in [0.25, 0.3) is 0 Å². The Kier molecular flexibility index (Phi) is 7.81. The van der Waals surface area contributed by atoms with E-state index >= 15 is 0 Å². The predicted octanol–water partition coefficient (Wildman–Crippen LogP) is 4.01. The molecule has 2 heterocycles. The SMILES string of the molecule is CCN(CC)C(=O)[C@H]1CCCN(Cc2ccc3c(c2)CN(CC(C)(C)C)CCO3)C1. The summed E-state index contributed by atoms with van der Waals surface area (Å²) in [7, 11) is 0. The first-order valence-corrected chi connectivity index (χ1v) is 11.8. The monoisotopic (exact) mass is 415 g/mol. The lowest BCUT2D eigenvalue weighted by atomic mass is 9.95. The molecule has 0 aromatic heterocycles. The molecule has 0 bridgehead atoms. The number of carbonyl (C=O) groups excluding carboxylic acids is 1. The van der Waals surface area contributed by atoms with E-state index in [2.05, 4.69) is 62.6 Å². The molecule has 2 aliphatic heterocycles. The van der Waals surface area contributed by atoms with E-state index in [-0.39, 0.29) is 11.3 Å². The fourth-order valence-corrected chi connectivity index (χ4v) is 4.86. The normalized spacial score (nSPS) is 20.9. The van der Waals surface area contributed by atoms with Crippen LogP contribution in [0.2, 0.25) is 0 Å². The van der Waals surface area contributed by atoms with Crippen molar-refractivity contribution in [3.8, 4) is 5.75 Å². The van der Waals surface area contributed by atoms with Crippen LogP contribution in [-0.2, 0) is 17.9 Å². The zero-order valence-electron chi connectivity index (χ0n) is 19.7. The van der Waals surface area contributed by atoms with Crippen LogP contribution in [-0.4, -0.2) is 66.5 Å². The molecule has 0 saturated carbocycles. The number of piperidine rings is 1. The average Bonchev–Trinajstić information content (AvgIpc) is 2.88. The summed E-state index contributed by atoms with van der Waals surface area (Å²) in [6.45, 7) is 19.2. The summed E-state index contributed by atoms with van der Waals surface area (Å²) < 4.78 is 6.03. The van der Waals surface area contributed by atoms with E-state index in [0.717, 1.165) is 77.6 Å². The van der Waals surface area contributed by atoms with Gasteiger partial charge < -0.3 is 9.64 Å². The van der Waals surface area contributed by atoms with Crippen molar-refractivity contribution in [3.05, 3.63) is 29.3 Å². The van der Waals surface area contributed by atoms with Crippen molar-refractivity contribution < 1.29 is 9.53 Å². The maximum absolute atomic E-state index is 12.8. The molecule has 168 valence electrons. The number of hydrogen-bond donors (Lipinski definition) is 0. The van der Waals surface area contributed by atoms with E-state index < -0.39 is 0 Å². The molecule has 0 unspecified atom stereocenters. The zero-order chi connectivity index (χ0) is 21.7. The smallest absolute Gasteiger partial charge is 0.226 e. The third-order valence-electron chi connectivity index (χ3n) is 6.22. The van der Waals surface area contributed by atoms with Gasteiger partial charge in [-0.15, -0.1) is 0 Å². The van der Waals surface area contributed by atoms with Crippen LogP contribution in [0.15, 0.2) is 18.2 Å². The number of hydrogen-bond acceptors (Lipinski definition) is 4. The van der Waals surface area contributed by atoms with Gasteiger partial charge in [0.15, 0.2) is 0 Å². The quantitative estimate of drug-likeness (QED) is 0.703. The highest BCUT2D eigenvalue weighted by molar-refractivity contribution is 5.79. The molecule has 0 radical (unpaired) electrons. The van der Waals surface area contributed by atoms with Gasteiger partial charge in [-0.3, -0.25) is 14.6 Å². The van der Waals surface area contributed by atoms with Gasteiger partial charge in [-0.05, 0) is 56.3 Å². The Hall–Kier alpha value is -1.59. The highest BCUT2D eigenvalue weighted by Gasteiger charge is 2.28. The van der Waals surface area contributed by atoms with E-state index in [4.69, 9.17) is 4.74 Å². The molecular weight excluding hydrogens is 374 g/mol. The van der Waals surface area contributed by atoms with Crippen LogP contribution in [0.1, 0.15) is 58.6 Å². The second-order valence-electron chi connectivity index (χ2n) is 10.1. The second-order valence-corrected chi connectivity index (χ2v) is 10.1. The Balaban J connectivity index is 1.65. The molecule has 1 aromatic carbocycles. The molecule has 1 aromatic rings. The van der Waals surface area contributed by atoms with E-state index in [1.807, 2.05) is 4.90 Å². The largest absolute Gasteiger partial charge is 0.492 e. The van der Waals surface area contributed by atoms with Gasteiger partial charge in [-0.25, -0.2) is 0 Å². The maximum Gasteiger partial charge on any atom is 0.226 e. The molecule has 0 spiro atoms. The molecular formula is C25H41N3O2. The summed E-state index contributed by atoms with van der Waals surface area (Å²) >= 11 is 0. The van der Waals surface area contributed by atoms with Crippen molar-refractivity contribution in [1.82, 2.24) is 14.7 Å². The Labute approximate surface area is 183 Å². The van der Waals surface area contributed by atoms with E-state index in [1.165, 1.54) is 11.1 Å². The Morgan fingerprint density at radius 3 is 2.63 bits per heavy atom. The number of amides is 1. The number of likely N-dealkylation sites (tertiary alicyclic amines) is 1. The summed E-state index contributed by atoms with van der Waals surface area (Å²) in [5.74, 6) is 1.51. The predicted molar refractivity (Wildman–Crippen MR) is 123 cm³/mol. The lowest BCUT2D eigenvalue weighted by molar-refractivity contribution is -0.137. The number of nitrogens with zero attached hydrogens (tertiary/aromatic N) is 3. The molecule has 2 aliphatic rings. The molecule has 1 atom stereocenters. The van der Waals surface area contributed by atoms with Gasteiger partial charge in [-0.1, -0.05) is 26.8 Å². The Bertz CT molecular complexity index is 709. The zero-order valence-corrected chi connectivity index (χ0v) is 19.7. The molecule has 1 fully saturated rings. The third kappa shape index (κ3) is 6.21. The molecule has 1 saturated heterocycles. The van der Waals surface area contributed by atoms with Gasteiger partial charge in [0, 0.05) is 51.4 Å². The minimum Gasteiger partial charge on any atom is -0.492 e. The molecule has 0 aliphatic carbocycles. The molecule has 0 N–H and O–H groups in total. The summed E-state index contributed by atoms with van der Waals surface area (Å²) in [4.78, 5) is 19.8. The lowest BCUT2D eigenvalue weighted by Crippen LogP contribution is -2.44. The Morgan fingerprint density at radius 1 is 1.17 bits per heavy atom. The molecule has 30 heavy (non-hydrogen) atoms. The summed E-state index contributed by atoms with van der Waals surface area (Å²) in [5, 5.41) is 0. The minimum absolute atomic E-state index is 0.144. The van der Waals surface area contributed by atoms with Gasteiger partial charge >= 0.3 is 0 Å². The standard InChI is InChI=1S/C25H41N3O2/c1-6-28(7-2)24(29)21-9-8-12-26(17-21)16-20-10-11-23-22(15-20)18-27(13-14-30-23)19-25(3,4)5/h10-11,15,21H,6-9,12-14,16-19H2,1-5H3/t21-/m0/s1. The molecule has 5 nitrogen and oxygen atoms in total. The third-order valence-corrected chi connectivity index (χ3v) is 6.22. The van der Waals surface area contributed by atoms with Gasteiger partial charge in [0.2, 0.25) is 5.91 Å². The average molecular weight is 416 g/mol. The first kappa shape index (κ1) is 23.1. The van der Waals surface area contributed by atoms with E-state index in [0.29, 0.717) is 5.91 Å². The van der Waals surface area contributed by atoms with Crippen LogP contribution in [0, 0.1) is 11.3 Å². The molecule has 5 heteroatoms. The first-order chi connectivity index (χ1) is 14.3. The summed E-state index contributed by atoms with van der Waals surface area (Å²) in [6, 6.07) is 6.67. The molecule has 1 amide bonds. The number of benzene rings is 1. The summed E-state index contributed by atoms with van der Waals surface area (Å²) in [5.41, 5.74) is 2.90. The van der Waals surface area contributed by atoms with Crippen LogP contribution in [0.4, 0.5) is 0 Å². The van der Waals surface area contributed by atoms with Crippen molar-refractivity contribution in [2.75, 3.05) is 45.9 Å². The van der Waals surface area contributed by atoms with Gasteiger partial charge in [0.25, 0.3) is 0 Å². The van der Waals surface area contributed by atoms with E-state index in [1.54, 1.807) is 0 Å². The number of carbonyl (C=O) groups is 1. The van der Waals surface area contributed by atoms with Crippen LogP contribution >= 0.6 is 0 Å². The lowest BCUT2D eigenvalue weighted by Gasteiger charge is -2.34. The number of rotatable bonds is 6. The van der Waals surface area contributed by atoms with Crippen LogP contribution in [0.3, 0.4) is 0 Å². The fourth-order valence-electron chi connectivity index (χ4n) is 4.86. The second kappa shape index (κ2) is 10.1. The number of fused-ring (bicyclic) bond motifs is 1. The van der Waals surface area contributed by atoms with Crippen molar-refractivity contribution in [2.45, 2.75) is 60.5 Å². The van der Waals surface area contributed by atoms with Gasteiger partial charge in [-0.2, -0.15) is 0 Å². The fraction of sp³-hybridized carbons (Fsp3) is 0.720. The Morgan fingerprint density at radius 2 is 1.93 bits per heavy atom. The highest BCUT2D eigenvalue weighted by Crippen LogP contribution is 2.28. The van der Waals surface area contributed by atoms with Crippen molar-refractivity contribution in [2.24, 2.45) is 11.3 Å². The van der Waals surface area contributed by atoms with Gasteiger partial charge in [0.05, 0.1) is 5.92 Å². The van der Waals surface area contributed by atoms with Crippen LogP contribution < -0.4 is 4.74 Å². The van der Waals surface area contributed by atoms with Crippen molar-refractivity contribution in [3.63, 3.8) is 0 Å².